The molecule has 1 amide bonds. The molecule has 0 aliphatic carbocycles. The van der Waals surface area contributed by atoms with Gasteiger partial charge in [0.1, 0.15) is 12.1 Å². The molecule has 1 fully saturated rings. The minimum absolute atomic E-state index is 0.112. The molecule has 1 saturated heterocycles. The molecule has 25 heavy (non-hydrogen) atoms. The summed E-state index contributed by atoms with van der Waals surface area (Å²) in [4.78, 5) is 23.4. The van der Waals surface area contributed by atoms with E-state index in [0.29, 0.717) is 0 Å². The number of amides is 1. The SMILES string of the molecule is CCC(C)NC(=O)C1CCN(c2cc(-c3ccccc3)ncn2)CC1. The zero-order valence-corrected chi connectivity index (χ0v) is 15.0. The molecule has 1 aromatic heterocycles. The fourth-order valence-corrected chi connectivity index (χ4v) is 3.12. The van der Waals surface area contributed by atoms with Crippen LogP contribution in [0.4, 0.5) is 5.82 Å². The summed E-state index contributed by atoms with van der Waals surface area (Å²) in [6.45, 7) is 5.85. The summed E-state index contributed by atoms with van der Waals surface area (Å²) < 4.78 is 0. The zero-order valence-electron chi connectivity index (χ0n) is 15.0. The summed E-state index contributed by atoms with van der Waals surface area (Å²) in [7, 11) is 0. The van der Waals surface area contributed by atoms with E-state index in [2.05, 4.69) is 46.2 Å². The minimum Gasteiger partial charge on any atom is -0.356 e. The minimum atomic E-state index is 0.112. The number of hydrogen-bond donors (Lipinski definition) is 1. The van der Waals surface area contributed by atoms with Gasteiger partial charge >= 0.3 is 0 Å². The van der Waals surface area contributed by atoms with Crippen LogP contribution in [-0.2, 0) is 4.79 Å². The lowest BCUT2D eigenvalue weighted by atomic mass is 9.95. The molecule has 1 aliphatic rings. The number of piperidine rings is 1. The molecule has 2 aromatic rings. The molecule has 5 heteroatoms. The highest BCUT2D eigenvalue weighted by atomic mass is 16.1. The van der Waals surface area contributed by atoms with Crippen LogP contribution in [0.2, 0.25) is 0 Å². The van der Waals surface area contributed by atoms with Crippen LogP contribution < -0.4 is 10.2 Å². The maximum atomic E-state index is 12.3. The summed E-state index contributed by atoms with van der Waals surface area (Å²) in [6, 6.07) is 12.4. The van der Waals surface area contributed by atoms with Crippen LogP contribution >= 0.6 is 0 Å². The Kier molecular flexibility index (Phi) is 5.64. The van der Waals surface area contributed by atoms with Crippen LogP contribution in [0.5, 0.6) is 0 Å². The highest BCUT2D eigenvalue weighted by molar-refractivity contribution is 5.79. The second-order valence-electron chi connectivity index (χ2n) is 6.71. The molecule has 3 rings (SSSR count). The molecule has 132 valence electrons. The van der Waals surface area contributed by atoms with Crippen LogP contribution in [-0.4, -0.2) is 35.0 Å². The van der Waals surface area contributed by atoms with Crippen molar-refractivity contribution < 1.29 is 4.79 Å². The van der Waals surface area contributed by atoms with Gasteiger partial charge in [0.25, 0.3) is 0 Å². The third-order valence-electron chi connectivity index (χ3n) is 4.91. The first-order chi connectivity index (χ1) is 12.2. The van der Waals surface area contributed by atoms with Gasteiger partial charge in [-0.15, -0.1) is 0 Å². The van der Waals surface area contributed by atoms with Crippen LogP contribution in [0.25, 0.3) is 11.3 Å². The first-order valence-corrected chi connectivity index (χ1v) is 9.10. The molecular weight excluding hydrogens is 312 g/mol. The summed E-state index contributed by atoms with van der Waals surface area (Å²) in [5.74, 6) is 1.25. The number of nitrogens with zero attached hydrogens (tertiary/aromatic N) is 3. The van der Waals surface area contributed by atoms with Gasteiger partial charge in [-0.25, -0.2) is 9.97 Å². The maximum absolute atomic E-state index is 12.3. The van der Waals surface area contributed by atoms with E-state index in [4.69, 9.17) is 0 Å². The lowest BCUT2D eigenvalue weighted by Gasteiger charge is -2.32. The molecule has 0 spiro atoms. The number of hydrogen-bond acceptors (Lipinski definition) is 4. The number of anilines is 1. The molecular formula is C20H26N4O. The van der Waals surface area contributed by atoms with E-state index in [9.17, 15) is 4.79 Å². The molecule has 1 atom stereocenters. The molecule has 5 nitrogen and oxygen atoms in total. The van der Waals surface area contributed by atoms with Gasteiger partial charge in [-0.3, -0.25) is 4.79 Å². The van der Waals surface area contributed by atoms with Crippen molar-refractivity contribution in [3.05, 3.63) is 42.7 Å². The first-order valence-electron chi connectivity index (χ1n) is 9.10. The normalized spacial score (nSPS) is 16.5. The quantitative estimate of drug-likeness (QED) is 0.909. The van der Waals surface area contributed by atoms with Crippen molar-refractivity contribution in [3.8, 4) is 11.3 Å². The second-order valence-corrected chi connectivity index (χ2v) is 6.71. The molecule has 0 radical (unpaired) electrons. The van der Waals surface area contributed by atoms with Gasteiger partial charge in [-0.1, -0.05) is 37.3 Å². The van der Waals surface area contributed by atoms with Crippen molar-refractivity contribution in [1.82, 2.24) is 15.3 Å². The van der Waals surface area contributed by atoms with Crippen molar-refractivity contribution in [2.45, 2.75) is 39.2 Å². The predicted molar refractivity (Wildman–Crippen MR) is 100 cm³/mol. The van der Waals surface area contributed by atoms with E-state index in [1.165, 1.54) is 0 Å². The highest BCUT2D eigenvalue weighted by Gasteiger charge is 2.26. The fraction of sp³-hybridized carbons (Fsp3) is 0.450. The van der Waals surface area contributed by atoms with Gasteiger partial charge in [0, 0.05) is 36.7 Å². The Morgan fingerprint density at radius 1 is 1.24 bits per heavy atom. The molecule has 1 N–H and O–H groups in total. The van der Waals surface area contributed by atoms with E-state index in [1.54, 1.807) is 6.33 Å². The maximum Gasteiger partial charge on any atom is 0.223 e. The molecule has 1 aromatic carbocycles. The lowest BCUT2D eigenvalue weighted by molar-refractivity contribution is -0.126. The van der Waals surface area contributed by atoms with E-state index in [1.807, 2.05) is 24.3 Å². The molecule has 2 heterocycles. The predicted octanol–water partition coefficient (Wildman–Crippen LogP) is 3.27. The van der Waals surface area contributed by atoms with E-state index in [-0.39, 0.29) is 17.9 Å². The molecule has 0 saturated carbocycles. The van der Waals surface area contributed by atoms with Gasteiger partial charge < -0.3 is 10.2 Å². The highest BCUT2D eigenvalue weighted by Crippen LogP contribution is 2.25. The number of rotatable bonds is 5. The number of benzene rings is 1. The fourth-order valence-electron chi connectivity index (χ4n) is 3.12. The van der Waals surface area contributed by atoms with Crippen molar-refractivity contribution in [1.29, 1.82) is 0 Å². The second kappa shape index (κ2) is 8.10. The Morgan fingerprint density at radius 3 is 2.64 bits per heavy atom. The third kappa shape index (κ3) is 4.35. The van der Waals surface area contributed by atoms with Crippen LogP contribution in [0.3, 0.4) is 0 Å². The Balaban J connectivity index is 1.63. The van der Waals surface area contributed by atoms with Crippen LogP contribution in [0.1, 0.15) is 33.1 Å². The van der Waals surface area contributed by atoms with E-state index >= 15 is 0 Å². The lowest BCUT2D eigenvalue weighted by Crippen LogP contribution is -2.43. The smallest absolute Gasteiger partial charge is 0.223 e. The van der Waals surface area contributed by atoms with Crippen molar-refractivity contribution >= 4 is 11.7 Å². The summed E-state index contributed by atoms with van der Waals surface area (Å²) >= 11 is 0. The van der Waals surface area contributed by atoms with Gasteiger partial charge in [-0.2, -0.15) is 0 Å². The van der Waals surface area contributed by atoms with Gasteiger partial charge in [0.2, 0.25) is 5.91 Å². The zero-order chi connectivity index (χ0) is 17.6. The summed E-state index contributed by atoms with van der Waals surface area (Å²) in [5.41, 5.74) is 2.02. The molecule has 0 bridgehead atoms. The Morgan fingerprint density at radius 2 is 1.96 bits per heavy atom. The summed E-state index contributed by atoms with van der Waals surface area (Å²) in [6.07, 6.45) is 4.33. The molecule has 1 aliphatic heterocycles. The summed E-state index contributed by atoms with van der Waals surface area (Å²) in [5, 5.41) is 3.10. The Labute approximate surface area is 149 Å². The largest absolute Gasteiger partial charge is 0.356 e. The van der Waals surface area contributed by atoms with Crippen molar-refractivity contribution in [2.24, 2.45) is 5.92 Å². The number of aromatic nitrogens is 2. The van der Waals surface area contributed by atoms with Gasteiger partial charge in [0.05, 0.1) is 5.69 Å². The Hall–Kier alpha value is -2.43. The van der Waals surface area contributed by atoms with E-state index < -0.39 is 0 Å². The number of nitrogens with one attached hydrogen (secondary N) is 1. The average Bonchev–Trinajstić information content (AvgIpc) is 2.68. The molecule has 1 unspecified atom stereocenters. The third-order valence-corrected chi connectivity index (χ3v) is 4.91. The monoisotopic (exact) mass is 338 g/mol. The van der Waals surface area contributed by atoms with Gasteiger partial charge in [0.15, 0.2) is 0 Å². The number of carbonyl (C=O) groups is 1. The first kappa shape index (κ1) is 17.4. The van der Waals surface area contributed by atoms with Crippen molar-refractivity contribution in [3.63, 3.8) is 0 Å². The van der Waals surface area contributed by atoms with Crippen molar-refractivity contribution in [2.75, 3.05) is 18.0 Å². The van der Waals surface area contributed by atoms with Crippen LogP contribution in [0.15, 0.2) is 42.7 Å². The number of carbonyl (C=O) groups excluding carboxylic acids is 1. The Bertz CT molecular complexity index is 696. The standard InChI is InChI=1S/C20H26N4O/c1-3-15(2)23-20(25)17-9-11-24(12-10-17)19-13-18(21-14-22-19)16-7-5-4-6-8-16/h4-8,13-15,17H,3,9-12H2,1-2H3,(H,23,25). The van der Waals surface area contributed by atoms with E-state index in [0.717, 1.165) is 49.4 Å². The van der Waals surface area contributed by atoms with Gasteiger partial charge in [-0.05, 0) is 26.2 Å². The topological polar surface area (TPSA) is 58.1 Å². The van der Waals surface area contributed by atoms with Crippen LogP contribution in [0, 0.1) is 5.92 Å². The average molecular weight is 338 g/mol.